The van der Waals surface area contributed by atoms with E-state index in [0.717, 1.165) is 12.8 Å². The average Bonchev–Trinajstić information content (AvgIpc) is 3.48. The Morgan fingerprint density at radius 3 is 2.53 bits per heavy atom. The van der Waals surface area contributed by atoms with Gasteiger partial charge in [0.25, 0.3) is 0 Å². The number of benzene rings is 1. The predicted molar refractivity (Wildman–Crippen MR) is 112 cm³/mol. The maximum atomic E-state index is 12.7. The Bertz CT molecular complexity index is 1290. The van der Waals surface area contributed by atoms with Gasteiger partial charge in [0, 0.05) is 24.0 Å². The van der Waals surface area contributed by atoms with Crippen LogP contribution < -0.4 is 9.46 Å². The predicted octanol–water partition coefficient (Wildman–Crippen LogP) is 3.67. The highest BCUT2D eigenvalue weighted by Gasteiger charge is 2.28. The number of nitrogens with zero attached hydrogens (tertiary/aromatic N) is 4. The largest absolute Gasteiger partial charge is 0.435 e. The van der Waals surface area contributed by atoms with E-state index in [9.17, 15) is 22.5 Å². The molecule has 1 N–H and O–H groups in total. The molecule has 0 radical (unpaired) electrons. The van der Waals surface area contributed by atoms with Gasteiger partial charge >= 0.3 is 6.61 Å². The first-order valence-electron chi connectivity index (χ1n) is 10.1. The van der Waals surface area contributed by atoms with E-state index in [1.807, 2.05) is 4.57 Å². The average molecular weight is 461 g/mol. The van der Waals surface area contributed by atoms with Crippen LogP contribution in [0.5, 0.6) is 5.75 Å². The molecule has 0 aliphatic heterocycles. The fourth-order valence-electron chi connectivity index (χ4n) is 3.55. The molecule has 0 bridgehead atoms. The van der Waals surface area contributed by atoms with Gasteiger partial charge in [-0.15, -0.1) is 0 Å². The minimum Gasteiger partial charge on any atom is -0.435 e. The van der Waals surface area contributed by atoms with Crippen molar-refractivity contribution in [2.45, 2.75) is 50.8 Å². The Labute approximate surface area is 183 Å². The van der Waals surface area contributed by atoms with E-state index >= 15 is 0 Å². The van der Waals surface area contributed by atoms with E-state index in [1.54, 1.807) is 19.9 Å². The van der Waals surface area contributed by atoms with Gasteiger partial charge in [-0.1, -0.05) is 0 Å². The summed E-state index contributed by atoms with van der Waals surface area (Å²) >= 11 is 0. The van der Waals surface area contributed by atoms with Crippen LogP contribution >= 0.6 is 0 Å². The SMILES string of the molecule is CC(C)NS(=O)(=O)c1cnc(-c2c(C#N)c3ccc(OC(F)F)cc3n2CC2CC2)nc1. The molecule has 0 amide bonds. The zero-order valence-corrected chi connectivity index (χ0v) is 18.2. The van der Waals surface area contributed by atoms with Gasteiger partial charge in [0.15, 0.2) is 5.82 Å². The second-order valence-corrected chi connectivity index (χ2v) is 9.68. The number of fused-ring (bicyclic) bond motifs is 1. The van der Waals surface area contributed by atoms with E-state index in [1.165, 1.54) is 24.5 Å². The van der Waals surface area contributed by atoms with Gasteiger partial charge in [0.2, 0.25) is 10.0 Å². The number of hydrogen-bond donors (Lipinski definition) is 1. The van der Waals surface area contributed by atoms with Crippen molar-refractivity contribution in [3.8, 4) is 23.3 Å². The molecule has 2 aromatic heterocycles. The van der Waals surface area contributed by atoms with Crippen molar-refractivity contribution in [2.75, 3.05) is 0 Å². The molecule has 4 rings (SSSR count). The summed E-state index contributed by atoms with van der Waals surface area (Å²) in [5.74, 6) is 0.559. The maximum Gasteiger partial charge on any atom is 0.387 e. The maximum absolute atomic E-state index is 12.7. The number of aromatic nitrogens is 3. The fourth-order valence-corrected chi connectivity index (χ4v) is 4.69. The first kappa shape index (κ1) is 22.1. The topological polar surface area (TPSA) is 110 Å². The third-order valence-electron chi connectivity index (χ3n) is 5.05. The number of rotatable bonds is 8. The summed E-state index contributed by atoms with van der Waals surface area (Å²) < 4.78 is 59.0. The second kappa shape index (κ2) is 8.44. The summed E-state index contributed by atoms with van der Waals surface area (Å²) in [5, 5.41) is 10.4. The molecule has 1 aliphatic rings. The number of nitriles is 1. The van der Waals surface area contributed by atoms with Crippen LogP contribution in [0.1, 0.15) is 32.3 Å². The molecule has 32 heavy (non-hydrogen) atoms. The lowest BCUT2D eigenvalue weighted by Crippen LogP contribution is -2.30. The molecule has 2 heterocycles. The van der Waals surface area contributed by atoms with Crippen LogP contribution in [-0.2, 0) is 16.6 Å². The van der Waals surface area contributed by atoms with E-state index in [4.69, 9.17) is 0 Å². The molecule has 11 heteroatoms. The molecule has 1 fully saturated rings. The number of sulfonamides is 1. The van der Waals surface area contributed by atoms with Gasteiger partial charge in [0.05, 0.1) is 23.5 Å². The monoisotopic (exact) mass is 461 g/mol. The first-order chi connectivity index (χ1) is 15.2. The lowest BCUT2D eigenvalue weighted by atomic mass is 10.1. The Hall–Kier alpha value is -3.10. The third-order valence-corrected chi connectivity index (χ3v) is 6.66. The van der Waals surface area contributed by atoms with Gasteiger partial charge in [-0.05, 0) is 44.7 Å². The third kappa shape index (κ3) is 4.42. The number of ether oxygens (including phenoxy) is 1. The van der Waals surface area contributed by atoms with Crippen LogP contribution in [0.15, 0.2) is 35.5 Å². The lowest BCUT2D eigenvalue weighted by molar-refractivity contribution is -0.0497. The van der Waals surface area contributed by atoms with Crippen molar-refractivity contribution >= 4 is 20.9 Å². The van der Waals surface area contributed by atoms with Crippen LogP contribution in [0.2, 0.25) is 0 Å². The minimum absolute atomic E-state index is 0.0137. The summed E-state index contributed by atoms with van der Waals surface area (Å²) in [7, 11) is -3.77. The zero-order chi connectivity index (χ0) is 23.0. The van der Waals surface area contributed by atoms with Crippen molar-refractivity contribution in [3.63, 3.8) is 0 Å². The van der Waals surface area contributed by atoms with Crippen molar-refractivity contribution in [1.82, 2.24) is 19.3 Å². The first-order valence-corrected chi connectivity index (χ1v) is 11.5. The molecular weight excluding hydrogens is 440 g/mol. The Morgan fingerprint density at radius 1 is 1.28 bits per heavy atom. The lowest BCUT2D eigenvalue weighted by Gasteiger charge is -2.12. The van der Waals surface area contributed by atoms with Crippen LogP contribution in [0.4, 0.5) is 8.78 Å². The van der Waals surface area contributed by atoms with Crippen molar-refractivity contribution in [1.29, 1.82) is 5.26 Å². The highest BCUT2D eigenvalue weighted by molar-refractivity contribution is 7.89. The van der Waals surface area contributed by atoms with Crippen molar-refractivity contribution < 1.29 is 21.9 Å². The summed E-state index contributed by atoms with van der Waals surface area (Å²) in [4.78, 5) is 8.37. The fraction of sp³-hybridized carbons (Fsp3) is 0.381. The molecular formula is C21H21F2N5O3S. The van der Waals surface area contributed by atoms with Crippen LogP contribution in [0.25, 0.3) is 22.4 Å². The van der Waals surface area contributed by atoms with Crippen LogP contribution in [-0.4, -0.2) is 35.6 Å². The zero-order valence-electron chi connectivity index (χ0n) is 17.4. The Kier molecular flexibility index (Phi) is 5.83. The molecule has 3 aromatic rings. The van der Waals surface area contributed by atoms with Gasteiger partial charge in [-0.25, -0.2) is 23.1 Å². The highest BCUT2D eigenvalue weighted by atomic mass is 32.2. The normalized spacial score (nSPS) is 14.3. The number of hydrogen-bond acceptors (Lipinski definition) is 6. The molecule has 8 nitrogen and oxygen atoms in total. The summed E-state index contributed by atoms with van der Waals surface area (Å²) in [5.41, 5.74) is 1.27. The molecule has 0 unspecified atom stereocenters. The molecule has 168 valence electrons. The molecule has 1 saturated carbocycles. The quantitative estimate of drug-likeness (QED) is 0.548. The molecule has 0 saturated heterocycles. The number of nitrogens with one attached hydrogen (secondary N) is 1. The van der Waals surface area contributed by atoms with Crippen LogP contribution in [0, 0.1) is 17.2 Å². The summed E-state index contributed by atoms with van der Waals surface area (Å²) in [6, 6.07) is 6.28. The van der Waals surface area contributed by atoms with Gasteiger partial charge in [-0.2, -0.15) is 14.0 Å². The summed E-state index contributed by atoms with van der Waals surface area (Å²) in [6.07, 6.45) is 4.43. The number of alkyl halides is 2. The number of halogens is 2. The summed E-state index contributed by atoms with van der Waals surface area (Å²) in [6.45, 7) is 0.999. The van der Waals surface area contributed by atoms with E-state index in [-0.39, 0.29) is 22.5 Å². The standard InChI is InChI=1S/C21H21F2N5O3S/c1-12(2)27-32(29,30)15-9-25-20(26-10-15)19-17(8-24)16-6-5-14(31-21(22)23)7-18(16)28(19)11-13-3-4-13/h5-7,9-10,12-13,21,27H,3-4,11H2,1-2H3. The Balaban J connectivity index is 1.85. The molecule has 1 aliphatic carbocycles. The van der Waals surface area contributed by atoms with Gasteiger partial charge < -0.3 is 9.30 Å². The second-order valence-electron chi connectivity index (χ2n) is 7.97. The van der Waals surface area contributed by atoms with E-state index in [0.29, 0.717) is 34.6 Å². The van der Waals surface area contributed by atoms with Crippen molar-refractivity contribution in [3.05, 3.63) is 36.2 Å². The van der Waals surface area contributed by atoms with E-state index < -0.39 is 16.6 Å². The molecule has 0 atom stereocenters. The van der Waals surface area contributed by atoms with Crippen molar-refractivity contribution in [2.24, 2.45) is 5.92 Å². The van der Waals surface area contributed by atoms with E-state index in [2.05, 4.69) is 25.5 Å². The smallest absolute Gasteiger partial charge is 0.387 e. The highest BCUT2D eigenvalue weighted by Crippen LogP contribution is 2.38. The molecule has 1 aromatic carbocycles. The minimum atomic E-state index is -3.77. The molecule has 0 spiro atoms. The Morgan fingerprint density at radius 2 is 1.97 bits per heavy atom. The van der Waals surface area contributed by atoms with Gasteiger partial charge in [-0.3, -0.25) is 0 Å². The van der Waals surface area contributed by atoms with Gasteiger partial charge in [0.1, 0.15) is 22.4 Å². The van der Waals surface area contributed by atoms with Crippen LogP contribution in [0.3, 0.4) is 0 Å².